The minimum atomic E-state index is -0.599. The van der Waals surface area contributed by atoms with Crippen LogP contribution in [0.25, 0.3) is 0 Å². The van der Waals surface area contributed by atoms with Gasteiger partial charge in [0.05, 0.1) is 7.11 Å². The van der Waals surface area contributed by atoms with Crippen LogP contribution in [-0.4, -0.2) is 32.2 Å². The lowest BCUT2D eigenvalue weighted by molar-refractivity contribution is -0.150. The maximum Gasteiger partial charge on any atom is 0.344 e. The van der Waals surface area contributed by atoms with Crippen molar-refractivity contribution < 1.29 is 23.8 Å². The van der Waals surface area contributed by atoms with E-state index < -0.39 is 5.97 Å². The lowest BCUT2D eigenvalue weighted by atomic mass is 10.2. The van der Waals surface area contributed by atoms with E-state index in [1.165, 1.54) is 0 Å². The first kappa shape index (κ1) is 17.3. The SMILES string of the molecule is COc1ccc(CNC(=O)COC(=O)COc2ccccc2)cc1. The molecule has 0 atom stereocenters. The van der Waals surface area contributed by atoms with Crippen LogP contribution in [0.15, 0.2) is 54.6 Å². The molecule has 1 amide bonds. The van der Waals surface area contributed by atoms with E-state index in [-0.39, 0.29) is 19.1 Å². The molecule has 0 saturated carbocycles. The Hall–Kier alpha value is -3.02. The van der Waals surface area contributed by atoms with E-state index in [2.05, 4.69) is 5.32 Å². The van der Waals surface area contributed by atoms with Gasteiger partial charge in [-0.25, -0.2) is 4.79 Å². The van der Waals surface area contributed by atoms with E-state index in [0.717, 1.165) is 11.3 Å². The predicted octanol–water partition coefficient (Wildman–Crippen LogP) is 1.93. The molecule has 0 aliphatic carbocycles. The molecule has 0 saturated heterocycles. The van der Waals surface area contributed by atoms with Crippen LogP contribution < -0.4 is 14.8 Å². The van der Waals surface area contributed by atoms with Crippen LogP contribution in [0.5, 0.6) is 11.5 Å². The zero-order valence-electron chi connectivity index (χ0n) is 13.4. The highest BCUT2D eigenvalue weighted by Crippen LogP contribution is 2.11. The molecule has 24 heavy (non-hydrogen) atoms. The summed E-state index contributed by atoms with van der Waals surface area (Å²) in [6.07, 6.45) is 0. The van der Waals surface area contributed by atoms with Gasteiger partial charge in [0.15, 0.2) is 13.2 Å². The van der Waals surface area contributed by atoms with Crippen molar-refractivity contribution in [1.82, 2.24) is 5.32 Å². The van der Waals surface area contributed by atoms with Crippen molar-refractivity contribution in [3.8, 4) is 11.5 Å². The van der Waals surface area contributed by atoms with Crippen LogP contribution in [0.2, 0.25) is 0 Å². The van der Waals surface area contributed by atoms with Crippen LogP contribution in [-0.2, 0) is 20.9 Å². The summed E-state index contributed by atoms with van der Waals surface area (Å²) in [6.45, 7) is -0.232. The van der Waals surface area contributed by atoms with Crippen LogP contribution in [0, 0.1) is 0 Å². The van der Waals surface area contributed by atoms with Gasteiger partial charge in [-0.05, 0) is 29.8 Å². The van der Waals surface area contributed by atoms with Crippen molar-refractivity contribution in [3.63, 3.8) is 0 Å². The van der Waals surface area contributed by atoms with Gasteiger partial charge in [0.2, 0.25) is 0 Å². The minimum absolute atomic E-state index is 0.240. The first-order valence-corrected chi connectivity index (χ1v) is 7.40. The van der Waals surface area contributed by atoms with Gasteiger partial charge in [-0.15, -0.1) is 0 Å². The molecule has 126 valence electrons. The highest BCUT2D eigenvalue weighted by atomic mass is 16.6. The Morgan fingerprint density at radius 3 is 2.29 bits per heavy atom. The highest BCUT2D eigenvalue weighted by molar-refractivity contribution is 5.80. The quantitative estimate of drug-likeness (QED) is 0.749. The number of carbonyl (C=O) groups is 2. The molecule has 0 radical (unpaired) electrons. The Morgan fingerprint density at radius 1 is 0.917 bits per heavy atom. The molecular formula is C18H19NO5. The first-order chi connectivity index (χ1) is 11.7. The van der Waals surface area contributed by atoms with Crippen molar-refractivity contribution in [3.05, 3.63) is 60.2 Å². The topological polar surface area (TPSA) is 73.9 Å². The fourth-order valence-electron chi connectivity index (χ4n) is 1.84. The van der Waals surface area contributed by atoms with Gasteiger partial charge >= 0.3 is 5.97 Å². The van der Waals surface area contributed by atoms with Gasteiger partial charge < -0.3 is 19.5 Å². The predicted molar refractivity (Wildman–Crippen MR) is 87.7 cm³/mol. The zero-order chi connectivity index (χ0) is 17.2. The number of para-hydroxylation sites is 1. The molecule has 0 heterocycles. The first-order valence-electron chi connectivity index (χ1n) is 7.40. The second-order valence-corrected chi connectivity index (χ2v) is 4.89. The molecule has 0 bridgehead atoms. The number of rotatable bonds is 8. The molecule has 0 aliphatic heterocycles. The fraction of sp³-hybridized carbons (Fsp3) is 0.222. The summed E-state index contributed by atoms with van der Waals surface area (Å²) in [5.41, 5.74) is 0.919. The van der Waals surface area contributed by atoms with E-state index in [4.69, 9.17) is 14.2 Å². The van der Waals surface area contributed by atoms with Crippen LogP contribution in [0.4, 0.5) is 0 Å². The summed E-state index contributed by atoms with van der Waals surface area (Å²) in [6, 6.07) is 16.2. The molecule has 0 aromatic heterocycles. The number of hydrogen-bond donors (Lipinski definition) is 1. The average Bonchev–Trinajstić information content (AvgIpc) is 2.64. The Kier molecular flexibility index (Phi) is 6.64. The summed E-state index contributed by atoms with van der Waals surface area (Å²) in [5.74, 6) is 0.341. The van der Waals surface area contributed by atoms with Crippen LogP contribution in [0.1, 0.15) is 5.56 Å². The normalized spacial score (nSPS) is 9.88. The third-order valence-electron chi connectivity index (χ3n) is 3.11. The number of amides is 1. The van der Waals surface area contributed by atoms with E-state index in [9.17, 15) is 9.59 Å². The average molecular weight is 329 g/mol. The van der Waals surface area contributed by atoms with Gasteiger partial charge in [-0.2, -0.15) is 0 Å². The summed E-state index contributed by atoms with van der Waals surface area (Å²) < 4.78 is 15.1. The lowest BCUT2D eigenvalue weighted by Crippen LogP contribution is -2.29. The number of esters is 1. The minimum Gasteiger partial charge on any atom is -0.497 e. The molecule has 2 aromatic carbocycles. The standard InChI is InChI=1S/C18H19NO5/c1-22-15-9-7-14(8-10-15)11-19-17(20)12-24-18(21)13-23-16-5-3-2-4-6-16/h2-10H,11-13H2,1H3,(H,19,20). The van der Waals surface area contributed by atoms with Gasteiger partial charge in [0.1, 0.15) is 11.5 Å². The number of nitrogens with one attached hydrogen (secondary N) is 1. The Morgan fingerprint density at radius 2 is 1.62 bits per heavy atom. The number of carbonyl (C=O) groups excluding carboxylic acids is 2. The highest BCUT2D eigenvalue weighted by Gasteiger charge is 2.08. The molecule has 0 aliphatic rings. The molecule has 1 N–H and O–H groups in total. The second-order valence-electron chi connectivity index (χ2n) is 4.89. The lowest BCUT2D eigenvalue weighted by Gasteiger charge is -2.08. The number of hydrogen-bond acceptors (Lipinski definition) is 5. The third kappa shape index (κ3) is 6.00. The van der Waals surface area contributed by atoms with Gasteiger partial charge in [-0.1, -0.05) is 30.3 Å². The Labute approximate surface area is 140 Å². The van der Waals surface area contributed by atoms with Crippen LogP contribution >= 0.6 is 0 Å². The molecule has 2 aromatic rings. The fourth-order valence-corrected chi connectivity index (χ4v) is 1.84. The molecule has 6 nitrogen and oxygen atoms in total. The molecular weight excluding hydrogens is 310 g/mol. The number of methoxy groups -OCH3 is 1. The van der Waals surface area contributed by atoms with Gasteiger partial charge in [0.25, 0.3) is 5.91 Å². The molecule has 0 fully saturated rings. The maximum atomic E-state index is 11.7. The number of benzene rings is 2. The number of ether oxygens (including phenoxy) is 3. The smallest absolute Gasteiger partial charge is 0.344 e. The summed E-state index contributed by atoms with van der Waals surface area (Å²) in [4.78, 5) is 23.2. The summed E-state index contributed by atoms with van der Waals surface area (Å²) >= 11 is 0. The molecule has 0 unspecified atom stereocenters. The Bertz CT molecular complexity index is 655. The largest absolute Gasteiger partial charge is 0.497 e. The van der Waals surface area contributed by atoms with Gasteiger partial charge in [0, 0.05) is 6.54 Å². The van der Waals surface area contributed by atoms with Crippen molar-refractivity contribution in [2.75, 3.05) is 20.3 Å². The van der Waals surface area contributed by atoms with Crippen LogP contribution in [0.3, 0.4) is 0 Å². The van der Waals surface area contributed by atoms with Crippen molar-refractivity contribution in [2.45, 2.75) is 6.54 Å². The Balaban J connectivity index is 1.64. The molecule has 6 heteroatoms. The molecule has 2 rings (SSSR count). The maximum absolute atomic E-state index is 11.7. The van der Waals surface area contributed by atoms with Crippen molar-refractivity contribution in [2.24, 2.45) is 0 Å². The second kappa shape index (κ2) is 9.19. The monoisotopic (exact) mass is 329 g/mol. The summed E-state index contributed by atoms with van der Waals surface area (Å²) in [7, 11) is 1.59. The molecule has 0 spiro atoms. The van der Waals surface area contributed by atoms with E-state index >= 15 is 0 Å². The van der Waals surface area contributed by atoms with Crippen molar-refractivity contribution >= 4 is 11.9 Å². The van der Waals surface area contributed by atoms with E-state index in [1.807, 2.05) is 30.3 Å². The van der Waals surface area contributed by atoms with E-state index in [0.29, 0.717) is 12.3 Å². The third-order valence-corrected chi connectivity index (χ3v) is 3.11. The summed E-state index contributed by atoms with van der Waals surface area (Å²) in [5, 5.41) is 2.67. The van der Waals surface area contributed by atoms with Crippen molar-refractivity contribution in [1.29, 1.82) is 0 Å². The zero-order valence-corrected chi connectivity index (χ0v) is 13.4. The van der Waals surface area contributed by atoms with E-state index in [1.54, 1.807) is 31.4 Å². The van der Waals surface area contributed by atoms with Gasteiger partial charge in [-0.3, -0.25) is 4.79 Å².